The lowest BCUT2D eigenvalue weighted by Gasteiger charge is -2.09. The number of nitrogens with zero attached hydrogens (tertiary/aromatic N) is 3. The number of halogens is 2. The maximum atomic E-state index is 13.2. The van der Waals surface area contributed by atoms with Crippen molar-refractivity contribution in [3.63, 3.8) is 0 Å². The number of imidazole rings is 1. The molecule has 4 aromatic rings. The van der Waals surface area contributed by atoms with Crippen LogP contribution in [0.3, 0.4) is 0 Å². The van der Waals surface area contributed by atoms with Gasteiger partial charge in [-0.15, -0.1) is 0 Å². The molecule has 0 radical (unpaired) electrons. The molecule has 2 heterocycles. The van der Waals surface area contributed by atoms with E-state index in [1.807, 2.05) is 16.7 Å². The van der Waals surface area contributed by atoms with Gasteiger partial charge in [0, 0.05) is 24.5 Å². The summed E-state index contributed by atoms with van der Waals surface area (Å²) in [5, 5.41) is 3.33. The number of benzene rings is 2. The van der Waals surface area contributed by atoms with Gasteiger partial charge in [0.15, 0.2) is 0 Å². The van der Waals surface area contributed by atoms with Crippen LogP contribution in [0.2, 0.25) is 0 Å². The topological polar surface area (TPSA) is 42.2 Å². The third-order valence-corrected chi connectivity index (χ3v) is 3.89. The number of hydrogen-bond acceptors (Lipinski definition) is 3. The fourth-order valence-electron chi connectivity index (χ4n) is 2.65. The van der Waals surface area contributed by atoms with Gasteiger partial charge in [-0.2, -0.15) is 0 Å². The van der Waals surface area contributed by atoms with Gasteiger partial charge in [0.1, 0.15) is 23.1 Å². The molecule has 0 aliphatic carbocycles. The molecule has 4 rings (SSSR count). The molecule has 2 aromatic heterocycles. The van der Waals surface area contributed by atoms with E-state index >= 15 is 0 Å². The Morgan fingerprint density at radius 2 is 1.60 bits per heavy atom. The van der Waals surface area contributed by atoms with Crippen LogP contribution < -0.4 is 5.32 Å². The zero-order valence-corrected chi connectivity index (χ0v) is 13.2. The lowest BCUT2D eigenvalue weighted by atomic mass is 10.1. The van der Waals surface area contributed by atoms with Crippen LogP contribution in [0.25, 0.3) is 17.0 Å². The van der Waals surface area contributed by atoms with E-state index in [4.69, 9.17) is 0 Å². The maximum Gasteiger partial charge on any atom is 0.235 e. The highest BCUT2D eigenvalue weighted by Crippen LogP contribution is 2.28. The molecule has 1 N–H and O–H groups in total. The van der Waals surface area contributed by atoms with E-state index in [1.165, 1.54) is 24.3 Å². The van der Waals surface area contributed by atoms with Crippen LogP contribution >= 0.6 is 0 Å². The monoisotopic (exact) mass is 336 g/mol. The first kappa shape index (κ1) is 15.3. The van der Waals surface area contributed by atoms with Crippen LogP contribution in [-0.2, 0) is 6.54 Å². The first-order valence-corrected chi connectivity index (χ1v) is 7.78. The van der Waals surface area contributed by atoms with Crippen molar-refractivity contribution in [2.75, 3.05) is 5.32 Å². The molecule has 4 nitrogen and oxygen atoms in total. The molecule has 25 heavy (non-hydrogen) atoms. The molecule has 0 atom stereocenters. The molecule has 0 aliphatic rings. The molecule has 0 saturated heterocycles. The first-order valence-electron chi connectivity index (χ1n) is 7.78. The summed E-state index contributed by atoms with van der Waals surface area (Å²) in [5.74, 6) is 0.726. The smallest absolute Gasteiger partial charge is 0.235 e. The van der Waals surface area contributed by atoms with Gasteiger partial charge in [0.25, 0.3) is 0 Å². The highest BCUT2D eigenvalue weighted by atomic mass is 19.1. The largest absolute Gasteiger partial charge is 0.365 e. The predicted octanol–water partition coefficient (Wildman–Crippen LogP) is 4.29. The second kappa shape index (κ2) is 6.32. The van der Waals surface area contributed by atoms with Crippen molar-refractivity contribution in [1.29, 1.82) is 0 Å². The van der Waals surface area contributed by atoms with Crippen LogP contribution in [0, 0.1) is 11.6 Å². The maximum absolute atomic E-state index is 13.2. The molecule has 0 saturated carbocycles. The third-order valence-electron chi connectivity index (χ3n) is 3.89. The van der Waals surface area contributed by atoms with E-state index in [0.29, 0.717) is 18.0 Å². The van der Waals surface area contributed by atoms with Crippen molar-refractivity contribution >= 4 is 11.6 Å². The number of aromatic nitrogens is 3. The summed E-state index contributed by atoms with van der Waals surface area (Å²) in [6.45, 7) is 0.497. The van der Waals surface area contributed by atoms with E-state index in [-0.39, 0.29) is 11.6 Å². The fraction of sp³-hybridized carbons (Fsp3) is 0.0526. The zero-order valence-electron chi connectivity index (χ0n) is 13.2. The molecular formula is C19H14F2N4. The number of fused-ring (bicyclic) bond motifs is 1. The van der Waals surface area contributed by atoms with Gasteiger partial charge < -0.3 is 5.32 Å². The number of nitrogens with one attached hydrogen (secondary N) is 1. The minimum absolute atomic E-state index is 0.269. The molecule has 0 spiro atoms. The highest BCUT2D eigenvalue weighted by molar-refractivity contribution is 5.75. The van der Waals surface area contributed by atoms with E-state index in [0.717, 1.165) is 16.9 Å². The SMILES string of the molecule is Fc1ccc(CNc2c(-c3ccc(F)cc3)nc3ncccn23)cc1. The molecular weight excluding hydrogens is 322 g/mol. The van der Waals surface area contributed by atoms with Crippen molar-refractivity contribution in [1.82, 2.24) is 14.4 Å². The van der Waals surface area contributed by atoms with E-state index < -0.39 is 0 Å². The number of hydrogen-bond donors (Lipinski definition) is 1. The third kappa shape index (κ3) is 3.06. The van der Waals surface area contributed by atoms with Gasteiger partial charge in [0.2, 0.25) is 5.78 Å². The molecule has 0 fully saturated rings. The Morgan fingerprint density at radius 3 is 2.32 bits per heavy atom. The van der Waals surface area contributed by atoms with Crippen LogP contribution in [0.1, 0.15) is 5.56 Å². The van der Waals surface area contributed by atoms with E-state index in [2.05, 4.69) is 15.3 Å². The first-order chi connectivity index (χ1) is 12.2. The Labute approximate surface area is 142 Å². The van der Waals surface area contributed by atoms with Crippen molar-refractivity contribution < 1.29 is 8.78 Å². The normalized spacial score (nSPS) is 11.0. The Kier molecular flexibility index (Phi) is 3.85. The van der Waals surface area contributed by atoms with Crippen molar-refractivity contribution in [2.45, 2.75) is 6.54 Å². The summed E-state index contributed by atoms with van der Waals surface area (Å²) in [7, 11) is 0. The van der Waals surface area contributed by atoms with Crippen molar-refractivity contribution in [2.24, 2.45) is 0 Å². The van der Waals surface area contributed by atoms with Gasteiger partial charge in [-0.05, 0) is 48.0 Å². The van der Waals surface area contributed by atoms with Gasteiger partial charge in [0.05, 0.1) is 0 Å². The average molecular weight is 336 g/mol. The van der Waals surface area contributed by atoms with Crippen molar-refractivity contribution in [3.8, 4) is 11.3 Å². The summed E-state index contributed by atoms with van der Waals surface area (Å²) in [4.78, 5) is 8.81. The minimum atomic E-state index is -0.300. The zero-order chi connectivity index (χ0) is 17.2. The average Bonchev–Trinajstić information content (AvgIpc) is 3.00. The van der Waals surface area contributed by atoms with Crippen LogP contribution in [0.5, 0.6) is 0 Å². The van der Waals surface area contributed by atoms with Crippen LogP contribution in [-0.4, -0.2) is 14.4 Å². The molecule has 0 amide bonds. The summed E-state index contributed by atoms with van der Waals surface area (Å²) >= 11 is 0. The predicted molar refractivity (Wildman–Crippen MR) is 92.1 cm³/mol. The molecule has 2 aromatic carbocycles. The minimum Gasteiger partial charge on any atom is -0.365 e. The Hall–Kier alpha value is -3.28. The Balaban J connectivity index is 1.73. The second-order valence-electron chi connectivity index (χ2n) is 5.59. The lowest BCUT2D eigenvalue weighted by Crippen LogP contribution is -2.03. The Morgan fingerprint density at radius 1 is 0.920 bits per heavy atom. The van der Waals surface area contributed by atoms with Gasteiger partial charge in [-0.25, -0.2) is 18.7 Å². The number of rotatable bonds is 4. The molecule has 124 valence electrons. The fourth-order valence-corrected chi connectivity index (χ4v) is 2.65. The second-order valence-corrected chi connectivity index (χ2v) is 5.59. The summed E-state index contributed by atoms with van der Waals surface area (Å²) in [6.07, 6.45) is 3.52. The molecule has 0 unspecified atom stereocenters. The van der Waals surface area contributed by atoms with E-state index in [9.17, 15) is 8.78 Å². The quantitative estimate of drug-likeness (QED) is 0.605. The standard InChI is InChI=1S/C19H14F2N4/c20-15-6-2-13(3-7-15)12-23-18-17(14-4-8-16(21)9-5-14)24-19-22-10-1-11-25(18)19/h1-11,23H,12H2. The highest BCUT2D eigenvalue weighted by Gasteiger charge is 2.14. The van der Waals surface area contributed by atoms with Gasteiger partial charge in [-0.1, -0.05) is 12.1 Å². The molecule has 0 bridgehead atoms. The van der Waals surface area contributed by atoms with Crippen molar-refractivity contribution in [3.05, 3.63) is 84.2 Å². The molecule has 6 heteroatoms. The van der Waals surface area contributed by atoms with E-state index in [1.54, 1.807) is 30.5 Å². The molecule has 0 aliphatic heterocycles. The van der Waals surface area contributed by atoms with Crippen LogP contribution in [0.4, 0.5) is 14.6 Å². The lowest BCUT2D eigenvalue weighted by molar-refractivity contribution is 0.627. The summed E-state index contributed by atoms with van der Waals surface area (Å²) in [5.41, 5.74) is 2.40. The number of anilines is 1. The summed E-state index contributed by atoms with van der Waals surface area (Å²) in [6, 6.07) is 14.3. The Bertz CT molecular complexity index is 1010. The van der Waals surface area contributed by atoms with Crippen LogP contribution in [0.15, 0.2) is 67.0 Å². The van der Waals surface area contributed by atoms with Gasteiger partial charge >= 0.3 is 0 Å². The summed E-state index contributed by atoms with van der Waals surface area (Å²) < 4.78 is 28.1. The van der Waals surface area contributed by atoms with Gasteiger partial charge in [-0.3, -0.25) is 4.40 Å².